The Bertz CT molecular complexity index is 1390. The average molecular weight is 423 g/mol. The number of nitrogens with two attached hydrogens (primary N) is 1. The molecular formula is C24H21N7O. The number of aryl methyl sites for hydroxylation is 1. The highest BCUT2D eigenvalue weighted by Gasteiger charge is 2.16. The second kappa shape index (κ2) is 7.99. The highest BCUT2D eigenvalue weighted by molar-refractivity contribution is 5.81. The average Bonchev–Trinajstić information content (AvgIpc) is 3.17. The van der Waals surface area contributed by atoms with Gasteiger partial charge in [0.1, 0.15) is 11.6 Å². The zero-order valence-corrected chi connectivity index (χ0v) is 17.6. The van der Waals surface area contributed by atoms with Crippen molar-refractivity contribution in [1.82, 2.24) is 24.5 Å². The van der Waals surface area contributed by atoms with E-state index in [2.05, 4.69) is 38.5 Å². The van der Waals surface area contributed by atoms with Crippen LogP contribution in [0.1, 0.15) is 5.82 Å². The summed E-state index contributed by atoms with van der Waals surface area (Å²) in [6.07, 6.45) is 0. The van der Waals surface area contributed by atoms with E-state index in [-0.39, 0.29) is 5.95 Å². The number of methoxy groups -OCH3 is 1. The van der Waals surface area contributed by atoms with Gasteiger partial charge in [0, 0.05) is 5.69 Å². The highest BCUT2D eigenvalue weighted by atomic mass is 16.5. The number of nitrogen functional groups attached to an aromatic ring is 1. The molecular weight excluding hydrogens is 402 g/mol. The number of hydrogen-bond acceptors (Lipinski definition) is 7. The molecule has 0 amide bonds. The van der Waals surface area contributed by atoms with Crippen LogP contribution in [-0.4, -0.2) is 31.6 Å². The van der Waals surface area contributed by atoms with Crippen LogP contribution in [0.2, 0.25) is 0 Å². The lowest BCUT2D eigenvalue weighted by molar-refractivity contribution is 0.415. The van der Waals surface area contributed by atoms with Crippen molar-refractivity contribution >= 4 is 28.6 Å². The minimum Gasteiger partial charge on any atom is -0.497 e. The van der Waals surface area contributed by atoms with Crippen LogP contribution in [0.15, 0.2) is 72.8 Å². The summed E-state index contributed by atoms with van der Waals surface area (Å²) in [5, 5.41) is 3.39. The Morgan fingerprint density at radius 2 is 1.66 bits per heavy atom. The molecule has 32 heavy (non-hydrogen) atoms. The fraction of sp³-hybridized carbons (Fsp3) is 0.0833. The molecule has 0 aliphatic rings. The van der Waals surface area contributed by atoms with Gasteiger partial charge in [-0.2, -0.15) is 15.0 Å². The maximum absolute atomic E-state index is 5.88. The van der Waals surface area contributed by atoms with E-state index in [0.717, 1.165) is 33.6 Å². The lowest BCUT2D eigenvalue weighted by Gasteiger charge is -2.11. The summed E-state index contributed by atoms with van der Waals surface area (Å²) in [6, 6.07) is 23.9. The minimum absolute atomic E-state index is 0.166. The monoisotopic (exact) mass is 423 g/mol. The molecule has 0 bridgehead atoms. The number of para-hydroxylation sites is 2. The van der Waals surface area contributed by atoms with Crippen molar-refractivity contribution in [2.45, 2.75) is 6.92 Å². The Morgan fingerprint density at radius 3 is 2.44 bits per heavy atom. The number of ether oxygens (including phenoxy) is 1. The summed E-state index contributed by atoms with van der Waals surface area (Å²) < 4.78 is 7.17. The van der Waals surface area contributed by atoms with Gasteiger partial charge in [0.2, 0.25) is 17.8 Å². The molecule has 8 heteroatoms. The molecule has 0 atom stereocenters. The van der Waals surface area contributed by atoms with E-state index >= 15 is 0 Å². The molecule has 2 heterocycles. The Labute approximate surface area is 184 Å². The summed E-state index contributed by atoms with van der Waals surface area (Å²) in [5.74, 6) is 2.53. The molecule has 3 aromatic carbocycles. The maximum atomic E-state index is 5.88. The summed E-state index contributed by atoms with van der Waals surface area (Å²) in [7, 11) is 1.67. The van der Waals surface area contributed by atoms with Crippen LogP contribution >= 0.6 is 0 Å². The lowest BCUT2D eigenvalue weighted by Crippen LogP contribution is -2.10. The van der Waals surface area contributed by atoms with Gasteiger partial charge in [0.25, 0.3) is 0 Å². The SMILES string of the molecule is COc1cccc(-c2ccc(Nc3nc4ccccc4n3-c3nc(C)nc(N)n3)cc2)c1. The molecule has 0 fully saturated rings. The van der Waals surface area contributed by atoms with Gasteiger partial charge in [-0.05, 0) is 54.4 Å². The Morgan fingerprint density at radius 1 is 0.844 bits per heavy atom. The van der Waals surface area contributed by atoms with E-state index in [1.54, 1.807) is 14.0 Å². The molecule has 5 aromatic rings. The van der Waals surface area contributed by atoms with Gasteiger partial charge in [0.05, 0.1) is 18.1 Å². The van der Waals surface area contributed by atoms with Gasteiger partial charge in [-0.1, -0.05) is 36.4 Å². The van der Waals surface area contributed by atoms with Crippen molar-refractivity contribution in [2.75, 3.05) is 18.2 Å². The van der Waals surface area contributed by atoms with Crippen molar-refractivity contribution in [3.8, 4) is 22.8 Å². The van der Waals surface area contributed by atoms with Crippen molar-refractivity contribution in [3.05, 3.63) is 78.6 Å². The van der Waals surface area contributed by atoms with Crippen LogP contribution in [0.3, 0.4) is 0 Å². The van der Waals surface area contributed by atoms with Crippen LogP contribution < -0.4 is 15.8 Å². The third kappa shape index (κ3) is 3.69. The number of benzene rings is 3. The number of rotatable bonds is 5. The molecule has 5 rings (SSSR count). The number of imidazole rings is 1. The van der Waals surface area contributed by atoms with Crippen molar-refractivity contribution in [1.29, 1.82) is 0 Å². The predicted molar refractivity (Wildman–Crippen MR) is 125 cm³/mol. The normalized spacial score (nSPS) is 10.9. The molecule has 0 radical (unpaired) electrons. The molecule has 0 saturated carbocycles. The van der Waals surface area contributed by atoms with Gasteiger partial charge in [-0.25, -0.2) is 9.55 Å². The number of anilines is 3. The largest absolute Gasteiger partial charge is 0.497 e. The molecule has 8 nitrogen and oxygen atoms in total. The number of hydrogen-bond donors (Lipinski definition) is 2. The van der Waals surface area contributed by atoms with E-state index in [9.17, 15) is 0 Å². The van der Waals surface area contributed by atoms with E-state index in [1.807, 2.05) is 59.2 Å². The van der Waals surface area contributed by atoms with Crippen molar-refractivity contribution < 1.29 is 4.74 Å². The summed E-state index contributed by atoms with van der Waals surface area (Å²) in [4.78, 5) is 17.6. The van der Waals surface area contributed by atoms with Crippen molar-refractivity contribution in [2.24, 2.45) is 0 Å². The van der Waals surface area contributed by atoms with Gasteiger partial charge in [-0.15, -0.1) is 0 Å². The molecule has 3 N–H and O–H groups in total. The maximum Gasteiger partial charge on any atom is 0.242 e. The number of nitrogens with zero attached hydrogens (tertiary/aromatic N) is 5. The van der Waals surface area contributed by atoms with Gasteiger partial charge in [0.15, 0.2) is 0 Å². The van der Waals surface area contributed by atoms with Gasteiger partial charge < -0.3 is 15.8 Å². The van der Waals surface area contributed by atoms with E-state index in [0.29, 0.717) is 17.7 Å². The highest BCUT2D eigenvalue weighted by Crippen LogP contribution is 2.28. The molecule has 0 spiro atoms. The van der Waals surface area contributed by atoms with Crippen LogP contribution in [0.5, 0.6) is 5.75 Å². The van der Waals surface area contributed by atoms with Gasteiger partial charge >= 0.3 is 0 Å². The Hall–Kier alpha value is -4.46. The quantitative estimate of drug-likeness (QED) is 0.428. The smallest absolute Gasteiger partial charge is 0.242 e. The third-order valence-electron chi connectivity index (χ3n) is 5.06. The fourth-order valence-corrected chi connectivity index (χ4v) is 3.58. The molecule has 0 aliphatic heterocycles. The van der Waals surface area contributed by atoms with E-state index in [4.69, 9.17) is 15.5 Å². The lowest BCUT2D eigenvalue weighted by atomic mass is 10.1. The van der Waals surface area contributed by atoms with Crippen LogP contribution in [0, 0.1) is 6.92 Å². The second-order valence-electron chi connectivity index (χ2n) is 7.23. The van der Waals surface area contributed by atoms with E-state index < -0.39 is 0 Å². The van der Waals surface area contributed by atoms with Crippen molar-refractivity contribution in [3.63, 3.8) is 0 Å². The number of aromatic nitrogens is 5. The summed E-state index contributed by atoms with van der Waals surface area (Å²) >= 11 is 0. The summed E-state index contributed by atoms with van der Waals surface area (Å²) in [5.41, 5.74) is 10.6. The van der Waals surface area contributed by atoms with Crippen LogP contribution in [-0.2, 0) is 0 Å². The molecule has 2 aromatic heterocycles. The zero-order chi connectivity index (χ0) is 22.1. The second-order valence-corrected chi connectivity index (χ2v) is 7.23. The first kappa shape index (κ1) is 19.5. The van der Waals surface area contributed by atoms with Crippen LogP contribution in [0.25, 0.3) is 28.1 Å². The number of nitrogens with one attached hydrogen (secondary N) is 1. The molecule has 158 valence electrons. The first-order chi connectivity index (χ1) is 15.6. The standard InChI is InChI=1S/C24H21N7O/c1-15-26-22(25)30-23(27-15)31-21-9-4-3-8-20(21)29-24(31)28-18-12-10-16(11-13-18)17-6-5-7-19(14-17)32-2/h3-14H,1-2H3,(H,28,29)(H2,25,26,27,30). The third-order valence-corrected chi connectivity index (χ3v) is 5.06. The Kier molecular flexibility index (Phi) is 4.87. The molecule has 0 unspecified atom stereocenters. The summed E-state index contributed by atoms with van der Waals surface area (Å²) in [6.45, 7) is 1.78. The number of fused-ring (bicyclic) bond motifs is 1. The van der Waals surface area contributed by atoms with E-state index in [1.165, 1.54) is 0 Å². The molecule has 0 aliphatic carbocycles. The molecule has 0 saturated heterocycles. The van der Waals surface area contributed by atoms with Gasteiger partial charge in [-0.3, -0.25) is 0 Å². The topological polar surface area (TPSA) is 104 Å². The Balaban J connectivity index is 1.53. The first-order valence-electron chi connectivity index (χ1n) is 10.1. The minimum atomic E-state index is 0.166. The van der Waals surface area contributed by atoms with Crippen LogP contribution in [0.4, 0.5) is 17.6 Å². The fourth-order valence-electron chi connectivity index (χ4n) is 3.58. The predicted octanol–water partition coefficient (Wildman–Crippen LogP) is 4.52. The zero-order valence-electron chi connectivity index (χ0n) is 17.6. The first-order valence-corrected chi connectivity index (χ1v) is 10.1.